The van der Waals surface area contributed by atoms with Crippen molar-refractivity contribution in [1.82, 2.24) is 8.28 Å². The molecule has 0 amide bonds. The Kier molecular flexibility index (Phi) is 8.99. The van der Waals surface area contributed by atoms with Gasteiger partial charge in [-0.15, -0.1) is 3.97 Å². The lowest BCUT2D eigenvalue weighted by Crippen LogP contribution is -3.00. The lowest BCUT2D eigenvalue weighted by molar-refractivity contribution is -0.697. The summed E-state index contributed by atoms with van der Waals surface area (Å²) in [4.78, 5) is 0. The predicted octanol–water partition coefficient (Wildman–Crippen LogP) is -3.51. The van der Waals surface area contributed by atoms with E-state index in [1.807, 2.05) is 6.92 Å². The van der Waals surface area contributed by atoms with E-state index in [4.69, 9.17) is 9.47 Å². The van der Waals surface area contributed by atoms with Crippen LogP contribution in [-0.2, 0) is 26.2 Å². The van der Waals surface area contributed by atoms with Crippen molar-refractivity contribution in [2.45, 2.75) is 13.5 Å². The average molecular weight is 328 g/mol. The minimum Gasteiger partial charge on any atom is -1.00 e. The molecular formula is C11H22ClN3O4S. The summed E-state index contributed by atoms with van der Waals surface area (Å²) in [6.07, 6.45) is 4.74. The van der Waals surface area contributed by atoms with Crippen molar-refractivity contribution < 1.29 is 34.9 Å². The van der Waals surface area contributed by atoms with Crippen LogP contribution in [0, 0.1) is 0 Å². The number of ether oxygens (including phenoxy) is 2. The third-order valence-electron chi connectivity index (χ3n) is 2.47. The van der Waals surface area contributed by atoms with Crippen molar-refractivity contribution in [1.29, 1.82) is 0 Å². The second-order valence-corrected chi connectivity index (χ2v) is 6.13. The Hall–Kier alpha value is -0.670. The number of hydrogen-bond acceptors (Lipinski definition) is 4. The van der Waals surface area contributed by atoms with E-state index >= 15 is 0 Å². The monoisotopic (exact) mass is 327 g/mol. The Morgan fingerprint density at radius 2 is 1.85 bits per heavy atom. The fourth-order valence-electron chi connectivity index (χ4n) is 1.37. The standard InChI is InChI=1S/C11H22N3O4S.ClH/c1-4-17-9-10-18-8-7-13-5-6-14(11-13)19(15,16)12(2)3;/h5-6,11H,4,7-10H2,1-3H3;1H/q+1;/p-1. The first-order valence-electron chi connectivity index (χ1n) is 6.14. The number of hydrogen-bond donors (Lipinski definition) is 0. The SMILES string of the molecule is CCOCCOCC[n+]1ccn(S(=O)(=O)N(C)C)c1.[Cl-]. The van der Waals surface area contributed by atoms with Crippen LogP contribution >= 0.6 is 0 Å². The minimum atomic E-state index is -3.43. The molecule has 1 aromatic rings. The van der Waals surface area contributed by atoms with E-state index in [0.29, 0.717) is 33.0 Å². The third kappa shape index (κ3) is 5.76. The highest BCUT2D eigenvalue weighted by atomic mass is 35.5. The van der Waals surface area contributed by atoms with E-state index in [0.717, 1.165) is 4.31 Å². The third-order valence-corrected chi connectivity index (χ3v) is 4.14. The molecule has 0 aromatic carbocycles. The van der Waals surface area contributed by atoms with Crippen LogP contribution in [-0.4, -0.2) is 57.2 Å². The molecule has 1 aromatic heterocycles. The van der Waals surface area contributed by atoms with Crippen molar-refractivity contribution in [3.05, 3.63) is 18.7 Å². The zero-order valence-corrected chi connectivity index (χ0v) is 13.6. The van der Waals surface area contributed by atoms with Gasteiger partial charge in [0.2, 0.25) is 0 Å². The molecular weight excluding hydrogens is 306 g/mol. The van der Waals surface area contributed by atoms with Gasteiger partial charge in [0.05, 0.1) is 19.8 Å². The molecule has 0 bridgehead atoms. The maximum Gasteiger partial charge on any atom is 0.379 e. The summed E-state index contributed by atoms with van der Waals surface area (Å²) in [5, 5.41) is 0. The summed E-state index contributed by atoms with van der Waals surface area (Å²) >= 11 is 0. The largest absolute Gasteiger partial charge is 1.00 e. The molecule has 9 heteroatoms. The maximum absolute atomic E-state index is 11.8. The van der Waals surface area contributed by atoms with Crippen LogP contribution in [0.3, 0.4) is 0 Å². The summed E-state index contributed by atoms with van der Waals surface area (Å²) < 4.78 is 38.3. The average Bonchev–Trinajstić information content (AvgIpc) is 2.82. The molecule has 0 aliphatic rings. The number of nitrogens with zero attached hydrogens (tertiary/aromatic N) is 3. The number of aromatic nitrogens is 2. The van der Waals surface area contributed by atoms with Crippen LogP contribution in [0.4, 0.5) is 0 Å². The zero-order chi connectivity index (χ0) is 14.3. The van der Waals surface area contributed by atoms with Gasteiger partial charge < -0.3 is 21.9 Å². The highest BCUT2D eigenvalue weighted by Gasteiger charge is 2.22. The van der Waals surface area contributed by atoms with Gasteiger partial charge in [-0.25, -0.2) is 4.57 Å². The molecule has 118 valence electrons. The molecule has 0 atom stereocenters. The summed E-state index contributed by atoms with van der Waals surface area (Å²) in [5.74, 6) is 0. The highest BCUT2D eigenvalue weighted by molar-refractivity contribution is 7.87. The second-order valence-electron chi connectivity index (χ2n) is 4.08. The molecule has 7 nitrogen and oxygen atoms in total. The fraction of sp³-hybridized carbons (Fsp3) is 0.727. The van der Waals surface area contributed by atoms with E-state index < -0.39 is 10.2 Å². The van der Waals surface area contributed by atoms with E-state index in [2.05, 4.69) is 0 Å². The van der Waals surface area contributed by atoms with Gasteiger partial charge in [0, 0.05) is 20.7 Å². The summed E-state index contributed by atoms with van der Waals surface area (Å²) in [7, 11) is -0.437. The van der Waals surface area contributed by atoms with E-state index in [9.17, 15) is 8.42 Å². The molecule has 0 radical (unpaired) electrons. The minimum absolute atomic E-state index is 0. The van der Waals surface area contributed by atoms with Gasteiger partial charge in [0.15, 0.2) is 0 Å². The van der Waals surface area contributed by atoms with Gasteiger partial charge >= 0.3 is 10.2 Å². The fourth-order valence-corrected chi connectivity index (χ4v) is 2.19. The number of halogens is 1. The summed E-state index contributed by atoms with van der Waals surface area (Å²) in [5.41, 5.74) is 0. The molecule has 0 aliphatic heterocycles. The van der Waals surface area contributed by atoms with E-state index in [1.165, 1.54) is 30.6 Å². The molecule has 0 unspecified atom stereocenters. The predicted molar refractivity (Wildman–Crippen MR) is 69.9 cm³/mol. The Balaban J connectivity index is 0.00000361. The Morgan fingerprint density at radius 1 is 1.20 bits per heavy atom. The van der Waals surface area contributed by atoms with Crippen LogP contribution in [0.1, 0.15) is 6.92 Å². The quantitative estimate of drug-likeness (QED) is 0.348. The molecule has 0 aliphatic carbocycles. The van der Waals surface area contributed by atoms with Crippen LogP contribution in [0.2, 0.25) is 0 Å². The Bertz CT molecular complexity index is 476. The van der Waals surface area contributed by atoms with E-state index in [-0.39, 0.29) is 12.4 Å². The van der Waals surface area contributed by atoms with Crippen molar-refractivity contribution >= 4 is 10.2 Å². The first kappa shape index (κ1) is 19.3. The normalized spacial score (nSPS) is 11.6. The molecule has 1 rings (SSSR count). The summed E-state index contributed by atoms with van der Waals surface area (Å²) in [6, 6.07) is 0. The Labute approximate surface area is 126 Å². The van der Waals surface area contributed by atoms with E-state index in [1.54, 1.807) is 10.8 Å². The molecule has 20 heavy (non-hydrogen) atoms. The van der Waals surface area contributed by atoms with Crippen LogP contribution in [0.15, 0.2) is 18.7 Å². The maximum atomic E-state index is 11.8. The molecule has 0 N–H and O–H groups in total. The van der Waals surface area contributed by atoms with Crippen molar-refractivity contribution in [2.75, 3.05) is 40.5 Å². The first-order chi connectivity index (χ1) is 8.98. The topological polar surface area (TPSA) is 64.7 Å². The van der Waals surface area contributed by atoms with Crippen LogP contribution in [0.25, 0.3) is 0 Å². The molecule has 0 saturated carbocycles. The number of imidazole rings is 1. The van der Waals surface area contributed by atoms with Gasteiger partial charge in [-0.3, -0.25) is 0 Å². The lowest BCUT2D eigenvalue weighted by Gasteiger charge is -2.05. The smallest absolute Gasteiger partial charge is 0.379 e. The van der Waals surface area contributed by atoms with Gasteiger partial charge in [-0.1, -0.05) is 0 Å². The van der Waals surface area contributed by atoms with Crippen LogP contribution in [0.5, 0.6) is 0 Å². The van der Waals surface area contributed by atoms with Crippen molar-refractivity contribution in [2.24, 2.45) is 0 Å². The van der Waals surface area contributed by atoms with Gasteiger partial charge in [-0.2, -0.15) is 12.7 Å². The number of rotatable bonds is 9. The highest BCUT2D eigenvalue weighted by Crippen LogP contribution is 1.98. The molecule has 0 fully saturated rings. The first-order valence-corrected chi connectivity index (χ1v) is 7.53. The molecule has 1 heterocycles. The van der Waals surface area contributed by atoms with Gasteiger partial charge in [0.1, 0.15) is 18.9 Å². The van der Waals surface area contributed by atoms with Gasteiger partial charge in [0.25, 0.3) is 6.33 Å². The molecule has 0 saturated heterocycles. The van der Waals surface area contributed by atoms with Gasteiger partial charge in [-0.05, 0) is 6.92 Å². The zero-order valence-electron chi connectivity index (χ0n) is 12.0. The van der Waals surface area contributed by atoms with Crippen LogP contribution < -0.4 is 17.0 Å². The van der Waals surface area contributed by atoms with Crippen molar-refractivity contribution in [3.8, 4) is 0 Å². The van der Waals surface area contributed by atoms with Crippen molar-refractivity contribution in [3.63, 3.8) is 0 Å². The Morgan fingerprint density at radius 3 is 2.45 bits per heavy atom. The second kappa shape index (κ2) is 9.30. The summed E-state index contributed by atoms with van der Waals surface area (Å²) in [6.45, 7) is 4.86. The lowest BCUT2D eigenvalue weighted by atomic mass is 10.6. The molecule has 0 spiro atoms.